The van der Waals surface area contributed by atoms with Crippen molar-refractivity contribution in [3.8, 4) is 23.0 Å². The first kappa shape index (κ1) is 29.1. The second-order valence-electron chi connectivity index (χ2n) is 11.0. The van der Waals surface area contributed by atoms with E-state index in [1.807, 2.05) is 56.3 Å². The highest BCUT2D eigenvalue weighted by atomic mass is 16.5. The number of pyridine rings is 1. The molecule has 226 valence electrons. The van der Waals surface area contributed by atoms with Crippen molar-refractivity contribution in [3.05, 3.63) is 66.2 Å². The number of rotatable bonds is 11. The van der Waals surface area contributed by atoms with Crippen LogP contribution in [0.2, 0.25) is 0 Å². The Morgan fingerprint density at radius 1 is 0.884 bits per heavy atom. The van der Waals surface area contributed by atoms with E-state index in [4.69, 9.17) is 23.7 Å². The van der Waals surface area contributed by atoms with Gasteiger partial charge in [-0.25, -0.2) is 9.97 Å². The van der Waals surface area contributed by atoms with Gasteiger partial charge in [-0.1, -0.05) is 0 Å². The molecule has 2 aromatic carbocycles. The minimum atomic E-state index is 0.0712. The van der Waals surface area contributed by atoms with Gasteiger partial charge in [-0.2, -0.15) is 0 Å². The lowest BCUT2D eigenvalue weighted by Gasteiger charge is -2.27. The van der Waals surface area contributed by atoms with Crippen LogP contribution in [0.3, 0.4) is 0 Å². The van der Waals surface area contributed by atoms with Crippen molar-refractivity contribution < 1.29 is 23.7 Å². The zero-order valence-corrected chi connectivity index (χ0v) is 24.9. The summed E-state index contributed by atoms with van der Waals surface area (Å²) in [5, 5.41) is 4.33. The number of hydrogen-bond donors (Lipinski definition) is 1. The van der Waals surface area contributed by atoms with Gasteiger partial charge in [0.2, 0.25) is 0 Å². The molecule has 4 aromatic rings. The smallest absolute Gasteiger partial charge is 0.163 e. The fourth-order valence-corrected chi connectivity index (χ4v) is 5.26. The van der Waals surface area contributed by atoms with E-state index in [2.05, 4.69) is 25.2 Å². The van der Waals surface area contributed by atoms with E-state index in [1.165, 1.54) is 0 Å². The monoisotopic (exact) mass is 585 g/mol. The first-order valence-electron chi connectivity index (χ1n) is 15.0. The number of ether oxygens (including phenoxy) is 5. The fourth-order valence-electron chi connectivity index (χ4n) is 5.26. The van der Waals surface area contributed by atoms with Gasteiger partial charge < -0.3 is 29.0 Å². The van der Waals surface area contributed by atoms with Gasteiger partial charge in [0, 0.05) is 55.3 Å². The molecule has 0 radical (unpaired) electrons. The number of anilines is 2. The molecule has 6 rings (SSSR count). The minimum Gasteiger partial charge on any atom is -0.490 e. The molecule has 0 unspecified atom stereocenters. The van der Waals surface area contributed by atoms with Crippen molar-refractivity contribution in [3.63, 3.8) is 0 Å². The largest absolute Gasteiger partial charge is 0.490 e. The van der Waals surface area contributed by atoms with Gasteiger partial charge in [-0.3, -0.25) is 9.88 Å². The number of fused-ring (bicyclic) bond motifs is 1. The maximum atomic E-state index is 6.51. The molecule has 0 aliphatic carbocycles. The van der Waals surface area contributed by atoms with Crippen LogP contribution >= 0.6 is 0 Å². The molecule has 4 heterocycles. The van der Waals surface area contributed by atoms with Crippen LogP contribution in [-0.2, 0) is 9.47 Å². The highest BCUT2D eigenvalue weighted by molar-refractivity contribution is 5.93. The number of morpholine rings is 1. The Labute approximate surface area is 252 Å². The second kappa shape index (κ2) is 14.0. The first-order valence-corrected chi connectivity index (χ1v) is 15.0. The van der Waals surface area contributed by atoms with E-state index in [1.54, 1.807) is 12.5 Å². The van der Waals surface area contributed by atoms with Crippen LogP contribution in [0.5, 0.6) is 23.0 Å². The van der Waals surface area contributed by atoms with Crippen LogP contribution in [0, 0.1) is 13.8 Å². The van der Waals surface area contributed by atoms with E-state index >= 15 is 0 Å². The summed E-state index contributed by atoms with van der Waals surface area (Å²) in [6.45, 7) is 10.5. The molecule has 2 aliphatic heterocycles. The maximum absolute atomic E-state index is 6.51. The molecule has 10 heteroatoms. The summed E-state index contributed by atoms with van der Waals surface area (Å²) in [5.41, 5.74) is 3.61. The molecular weight excluding hydrogens is 546 g/mol. The van der Waals surface area contributed by atoms with Crippen LogP contribution in [0.25, 0.3) is 10.9 Å². The molecule has 2 aliphatic rings. The zero-order chi connectivity index (χ0) is 29.4. The van der Waals surface area contributed by atoms with Gasteiger partial charge in [0.05, 0.1) is 44.7 Å². The van der Waals surface area contributed by atoms with E-state index in [0.717, 1.165) is 85.7 Å². The molecule has 2 fully saturated rings. The number of aryl methyl sites for hydroxylation is 2. The summed E-state index contributed by atoms with van der Waals surface area (Å²) in [6.07, 6.45) is 5.98. The summed E-state index contributed by atoms with van der Waals surface area (Å²) in [4.78, 5) is 15.9. The van der Waals surface area contributed by atoms with Gasteiger partial charge in [0.15, 0.2) is 11.5 Å². The molecule has 43 heavy (non-hydrogen) atoms. The third-order valence-electron chi connectivity index (χ3n) is 7.69. The average Bonchev–Trinajstić information content (AvgIpc) is 3.03. The molecule has 1 N–H and O–H groups in total. The summed E-state index contributed by atoms with van der Waals surface area (Å²) in [7, 11) is 0. The first-order chi connectivity index (χ1) is 21.1. The molecular formula is C33H39N5O5. The lowest BCUT2D eigenvalue weighted by atomic mass is 10.1. The summed E-state index contributed by atoms with van der Waals surface area (Å²) < 4.78 is 29.9. The van der Waals surface area contributed by atoms with Crippen LogP contribution in [0.15, 0.2) is 55.0 Å². The van der Waals surface area contributed by atoms with Crippen molar-refractivity contribution in [2.45, 2.75) is 39.2 Å². The van der Waals surface area contributed by atoms with E-state index < -0.39 is 0 Å². The van der Waals surface area contributed by atoms with Crippen LogP contribution in [0.1, 0.15) is 30.5 Å². The lowest BCUT2D eigenvalue weighted by Crippen LogP contribution is -2.37. The highest BCUT2D eigenvalue weighted by Crippen LogP contribution is 2.37. The molecule has 0 saturated carbocycles. The minimum absolute atomic E-state index is 0.0712. The van der Waals surface area contributed by atoms with Gasteiger partial charge in [-0.05, 0) is 62.2 Å². The van der Waals surface area contributed by atoms with Crippen LogP contribution in [-0.4, -0.2) is 78.6 Å². The quantitative estimate of drug-likeness (QED) is 0.216. The van der Waals surface area contributed by atoms with Crippen molar-refractivity contribution in [2.75, 3.05) is 58.0 Å². The Morgan fingerprint density at radius 2 is 1.72 bits per heavy atom. The summed E-state index contributed by atoms with van der Waals surface area (Å²) in [5.74, 6) is 3.57. The average molecular weight is 586 g/mol. The maximum Gasteiger partial charge on any atom is 0.163 e. The molecule has 10 nitrogen and oxygen atoms in total. The van der Waals surface area contributed by atoms with Gasteiger partial charge in [0.1, 0.15) is 29.7 Å². The van der Waals surface area contributed by atoms with Crippen molar-refractivity contribution >= 4 is 22.4 Å². The Balaban J connectivity index is 1.20. The number of aromatic nitrogens is 3. The van der Waals surface area contributed by atoms with Crippen molar-refractivity contribution in [2.24, 2.45) is 0 Å². The third kappa shape index (κ3) is 7.70. The number of benzene rings is 2. The molecule has 2 aromatic heterocycles. The summed E-state index contributed by atoms with van der Waals surface area (Å²) in [6, 6.07) is 13.8. The number of nitrogens with zero attached hydrogens (tertiary/aromatic N) is 4. The Bertz CT molecular complexity index is 1500. The van der Waals surface area contributed by atoms with Crippen molar-refractivity contribution in [1.29, 1.82) is 0 Å². The number of nitrogens with one attached hydrogen (secondary N) is 1. The Morgan fingerprint density at radius 3 is 2.51 bits per heavy atom. The van der Waals surface area contributed by atoms with Crippen LogP contribution in [0.4, 0.5) is 11.5 Å². The highest BCUT2D eigenvalue weighted by Gasteiger charge is 2.20. The molecule has 0 spiro atoms. The van der Waals surface area contributed by atoms with E-state index in [-0.39, 0.29) is 6.10 Å². The van der Waals surface area contributed by atoms with Gasteiger partial charge >= 0.3 is 0 Å². The lowest BCUT2D eigenvalue weighted by molar-refractivity contribution is 0.0240. The van der Waals surface area contributed by atoms with E-state index in [9.17, 15) is 0 Å². The zero-order valence-electron chi connectivity index (χ0n) is 24.9. The topological polar surface area (TPSA) is 100 Å². The fraction of sp³-hybridized carbons (Fsp3) is 0.424. The summed E-state index contributed by atoms with van der Waals surface area (Å²) >= 11 is 0. The molecule has 0 atom stereocenters. The Hall–Kier alpha value is -3.99. The van der Waals surface area contributed by atoms with Crippen molar-refractivity contribution in [1.82, 2.24) is 19.9 Å². The second-order valence-corrected chi connectivity index (χ2v) is 11.0. The Kier molecular flexibility index (Phi) is 9.47. The molecule has 0 amide bonds. The van der Waals surface area contributed by atoms with Crippen LogP contribution < -0.4 is 19.5 Å². The van der Waals surface area contributed by atoms with Gasteiger partial charge in [0.25, 0.3) is 0 Å². The molecule has 2 saturated heterocycles. The standard InChI is InChI=1S/C33H39N5O5/c1-23-18-25(5-7-30(23)43-27-6-4-24(2)34-21-27)37-33-28-19-32(42-26-8-14-39-15-9-26)31(20-29(28)35-22-36-33)41-13-3-10-38-11-16-40-17-12-38/h4-7,18-22,26H,3,8-17H2,1-2H3,(H,35,36,37). The third-order valence-corrected chi connectivity index (χ3v) is 7.69. The normalized spacial score (nSPS) is 16.2. The SMILES string of the molecule is Cc1ccc(Oc2ccc(Nc3ncnc4cc(OCCCN5CCOCC5)c(OC5CCOCC5)cc34)cc2C)cn1. The van der Waals surface area contributed by atoms with E-state index in [0.29, 0.717) is 42.9 Å². The van der Waals surface area contributed by atoms with Gasteiger partial charge in [-0.15, -0.1) is 0 Å². The predicted octanol–water partition coefficient (Wildman–Crippen LogP) is 5.84. The number of hydrogen-bond acceptors (Lipinski definition) is 10. The molecule has 0 bridgehead atoms. The predicted molar refractivity (Wildman–Crippen MR) is 165 cm³/mol.